The second kappa shape index (κ2) is 6.40. The second-order valence-corrected chi connectivity index (χ2v) is 7.43. The Morgan fingerprint density at radius 1 is 1.43 bits per heavy atom. The molecule has 1 unspecified atom stereocenters. The van der Waals surface area contributed by atoms with Crippen molar-refractivity contribution < 1.29 is 22.1 Å². The fourth-order valence-corrected chi connectivity index (χ4v) is 3.05. The van der Waals surface area contributed by atoms with Gasteiger partial charge >= 0.3 is 10.3 Å². The Balaban J connectivity index is 2.27. The van der Waals surface area contributed by atoms with Crippen LogP contribution in [0.4, 0.5) is 0 Å². The molecule has 0 saturated heterocycles. The van der Waals surface area contributed by atoms with E-state index in [0.29, 0.717) is 12.4 Å². The van der Waals surface area contributed by atoms with Crippen LogP contribution < -0.4 is 8.92 Å². The van der Waals surface area contributed by atoms with Crippen molar-refractivity contribution in [1.82, 2.24) is 4.31 Å². The van der Waals surface area contributed by atoms with Crippen LogP contribution >= 0.6 is 0 Å². The minimum Gasteiger partial charge on any atom is -0.464 e. The number of ether oxygens (including phenoxy) is 2. The van der Waals surface area contributed by atoms with Crippen molar-refractivity contribution >= 4 is 10.3 Å². The standard InChI is InChI=1S/C16H21NO5S/c1-6-10-17(5)23(18,19)22-12-8-9-14-13(11-12)16(3,4)15(21-14)20-7-2/h1,8-9,11,15H,7,10H2,2-5H3. The summed E-state index contributed by atoms with van der Waals surface area (Å²) >= 11 is 0. The van der Waals surface area contributed by atoms with Crippen molar-refractivity contribution in [2.75, 3.05) is 20.2 Å². The zero-order valence-electron chi connectivity index (χ0n) is 13.7. The predicted molar refractivity (Wildman–Crippen MR) is 86.5 cm³/mol. The molecule has 0 radical (unpaired) electrons. The van der Waals surface area contributed by atoms with Gasteiger partial charge in [0.1, 0.15) is 11.5 Å². The summed E-state index contributed by atoms with van der Waals surface area (Å²) in [4.78, 5) is 0. The fourth-order valence-electron chi connectivity index (χ4n) is 2.34. The molecule has 7 heteroatoms. The molecule has 1 aliphatic rings. The topological polar surface area (TPSA) is 65.1 Å². The van der Waals surface area contributed by atoms with E-state index >= 15 is 0 Å². The van der Waals surface area contributed by atoms with Crippen molar-refractivity contribution in [2.24, 2.45) is 0 Å². The van der Waals surface area contributed by atoms with Gasteiger partial charge in [0.25, 0.3) is 0 Å². The molecule has 0 amide bonds. The third-order valence-corrected chi connectivity index (χ3v) is 4.98. The summed E-state index contributed by atoms with van der Waals surface area (Å²) in [5.74, 6) is 3.14. The van der Waals surface area contributed by atoms with Crippen LogP contribution in [0.3, 0.4) is 0 Å². The number of hydrogen-bond donors (Lipinski definition) is 0. The largest absolute Gasteiger partial charge is 0.464 e. The van der Waals surface area contributed by atoms with Crippen molar-refractivity contribution in [3.8, 4) is 23.8 Å². The lowest BCUT2D eigenvalue weighted by Crippen LogP contribution is -2.34. The summed E-state index contributed by atoms with van der Waals surface area (Å²) in [6.07, 6.45) is 4.71. The first-order chi connectivity index (χ1) is 10.7. The Morgan fingerprint density at radius 3 is 2.74 bits per heavy atom. The van der Waals surface area contributed by atoms with E-state index in [1.165, 1.54) is 7.05 Å². The molecule has 126 valence electrons. The third-order valence-electron chi connectivity index (χ3n) is 3.68. The van der Waals surface area contributed by atoms with Crippen molar-refractivity contribution in [2.45, 2.75) is 32.5 Å². The lowest BCUT2D eigenvalue weighted by Gasteiger charge is -2.25. The first-order valence-corrected chi connectivity index (χ1v) is 8.61. The number of hydrogen-bond acceptors (Lipinski definition) is 5. The second-order valence-electron chi connectivity index (χ2n) is 5.79. The van der Waals surface area contributed by atoms with Gasteiger partial charge in [-0.15, -0.1) is 6.42 Å². The van der Waals surface area contributed by atoms with E-state index < -0.39 is 22.0 Å². The molecule has 1 aliphatic heterocycles. The molecule has 1 heterocycles. The smallest absolute Gasteiger partial charge is 0.385 e. The Kier molecular flexibility index (Phi) is 4.90. The van der Waals surface area contributed by atoms with Gasteiger partial charge < -0.3 is 13.7 Å². The first-order valence-electron chi connectivity index (χ1n) is 7.24. The molecule has 0 saturated carbocycles. The predicted octanol–water partition coefficient (Wildman–Crippen LogP) is 1.91. The minimum atomic E-state index is -3.94. The molecular weight excluding hydrogens is 318 g/mol. The van der Waals surface area contributed by atoms with E-state index in [1.807, 2.05) is 20.8 Å². The number of nitrogens with zero attached hydrogens (tertiary/aromatic N) is 1. The van der Waals surface area contributed by atoms with Crippen LogP contribution in [0.1, 0.15) is 26.3 Å². The number of fused-ring (bicyclic) bond motifs is 1. The van der Waals surface area contributed by atoms with Crippen molar-refractivity contribution in [3.63, 3.8) is 0 Å². The molecule has 0 aliphatic carbocycles. The maximum atomic E-state index is 12.1. The van der Waals surface area contributed by atoms with Crippen LogP contribution in [-0.2, 0) is 20.5 Å². The van der Waals surface area contributed by atoms with Gasteiger partial charge in [-0.25, -0.2) is 0 Å². The van der Waals surface area contributed by atoms with Gasteiger partial charge in [-0.2, -0.15) is 12.7 Å². The lowest BCUT2D eigenvalue weighted by molar-refractivity contribution is -0.0981. The molecular formula is C16H21NO5S. The quantitative estimate of drug-likeness (QED) is 0.741. The summed E-state index contributed by atoms with van der Waals surface area (Å²) in [5, 5.41) is 0. The maximum Gasteiger partial charge on any atom is 0.385 e. The molecule has 6 nitrogen and oxygen atoms in total. The normalized spacial score (nSPS) is 19.0. The monoisotopic (exact) mass is 339 g/mol. The Labute approximate surface area is 137 Å². The highest BCUT2D eigenvalue weighted by Crippen LogP contribution is 2.44. The highest BCUT2D eigenvalue weighted by Gasteiger charge is 2.42. The zero-order chi connectivity index (χ0) is 17.3. The molecule has 1 aromatic rings. The Morgan fingerprint density at radius 2 is 2.13 bits per heavy atom. The summed E-state index contributed by atoms with van der Waals surface area (Å²) < 4.78 is 41.6. The highest BCUT2D eigenvalue weighted by atomic mass is 32.2. The van der Waals surface area contributed by atoms with Crippen LogP contribution in [0.25, 0.3) is 0 Å². The first kappa shape index (κ1) is 17.6. The lowest BCUT2D eigenvalue weighted by atomic mass is 9.85. The minimum absolute atomic E-state index is 0.0612. The van der Waals surface area contributed by atoms with Crippen LogP contribution in [-0.4, -0.2) is 39.2 Å². The molecule has 0 bridgehead atoms. The Bertz CT molecular complexity index is 720. The Hall–Kier alpha value is -1.75. The van der Waals surface area contributed by atoms with Crippen LogP contribution in [0.5, 0.6) is 11.5 Å². The van der Waals surface area contributed by atoms with Crippen LogP contribution in [0.15, 0.2) is 18.2 Å². The average Bonchev–Trinajstić information content (AvgIpc) is 2.71. The van der Waals surface area contributed by atoms with Gasteiger partial charge in [0.2, 0.25) is 6.29 Å². The molecule has 2 rings (SSSR count). The molecule has 23 heavy (non-hydrogen) atoms. The van der Waals surface area contributed by atoms with E-state index in [9.17, 15) is 8.42 Å². The van der Waals surface area contributed by atoms with E-state index in [4.69, 9.17) is 20.1 Å². The van der Waals surface area contributed by atoms with Gasteiger partial charge in [-0.3, -0.25) is 0 Å². The van der Waals surface area contributed by atoms with Gasteiger partial charge in [0.05, 0.1) is 12.0 Å². The molecule has 0 spiro atoms. The fraction of sp³-hybridized carbons (Fsp3) is 0.500. The summed E-state index contributed by atoms with van der Waals surface area (Å²) in [6, 6.07) is 4.89. The summed E-state index contributed by atoms with van der Waals surface area (Å²) in [5.41, 5.74) is 0.419. The maximum absolute atomic E-state index is 12.1. The number of rotatable bonds is 6. The molecule has 0 fully saturated rings. The zero-order valence-corrected chi connectivity index (χ0v) is 14.5. The van der Waals surface area contributed by atoms with Gasteiger partial charge in [-0.05, 0) is 39.0 Å². The SMILES string of the molecule is C#CCN(C)S(=O)(=O)Oc1ccc2c(c1)C(C)(C)C(OCC)O2. The molecule has 1 aromatic carbocycles. The molecule has 0 N–H and O–H groups in total. The summed E-state index contributed by atoms with van der Waals surface area (Å²) in [7, 11) is -2.57. The molecule has 0 aromatic heterocycles. The van der Waals surface area contributed by atoms with E-state index in [0.717, 1.165) is 9.87 Å². The third kappa shape index (κ3) is 3.44. The number of terminal acetylenes is 1. The average molecular weight is 339 g/mol. The van der Waals surface area contributed by atoms with Crippen molar-refractivity contribution in [3.05, 3.63) is 23.8 Å². The number of benzene rings is 1. The van der Waals surface area contributed by atoms with Crippen molar-refractivity contribution in [1.29, 1.82) is 0 Å². The van der Waals surface area contributed by atoms with E-state index in [-0.39, 0.29) is 12.3 Å². The van der Waals surface area contributed by atoms with Gasteiger partial charge in [-0.1, -0.05) is 5.92 Å². The van der Waals surface area contributed by atoms with E-state index in [2.05, 4.69) is 5.92 Å². The van der Waals surface area contributed by atoms with Gasteiger partial charge in [0.15, 0.2) is 0 Å². The highest BCUT2D eigenvalue weighted by molar-refractivity contribution is 7.84. The van der Waals surface area contributed by atoms with Gasteiger partial charge in [0, 0.05) is 19.2 Å². The van der Waals surface area contributed by atoms with Crippen LogP contribution in [0, 0.1) is 12.3 Å². The summed E-state index contributed by atoms with van der Waals surface area (Å²) in [6.45, 7) is 6.31. The molecule has 1 atom stereocenters. The van der Waals surface area contributed by atoms with E-state index in [1.54, 1.807) is 18.2 Å². The van der Waals surface area contributed by atoms with Crippen LogP contribution in [0.2, 0.25) is 0 Å².